The molecule has 0 spiro atoms. The van der Waals surface area contributed by atoms with Gasteiger partial charge in [0.25, 0.3) is 0 Å². The zero-order valence-electron chi connectivity index (χ0n) is 22.6. The van der Waals surface area contributed by atoms with Crippen LogP contribution in [-0.4, -0.2) is 43.5 Å². The lowest BCUT2D eigenvalue weighted by Gasteiger charge is -2.38. The molecule has 0 radical (unpaired) electrons. The lowest BCUT2D eigenvalue weighted by atomic mass is 10.00. The number of fused-ring (bicyclic) bond motifs is 3. The van der Waals surface area contributed by atoms with Gasteiger partial charge in [-0.25, -0.2) is 4.98 Å². The summed E-state index contributed by atoms with van der Waals surface area (Å²) in [5.74, 6) is 0.545. The molecule has 4 aromatic rings. The largest absolute Gasteiger partial charge is 0.768 e. The first-order valence-electron chi connectivity index (χ1n) is 13.9. The minimum Gasteiger partial charge on any atom is -0.768 e. The van der Waals surface area contributed by atoms with Gasteiger partial charge in [-0.1, -0.05) is 28.6 Å². The minimum atomic E-state index is -4.83. The van der Waals surface area contributed by atoms with E-state index in [1.165, 1.54) is 23.5 Å². The summed E-state index contributed by atoms with van der Waals surface area (Å²) in [4.78, 5) is 7.52. The molecule has 7 rings (SSSR count). The van der Waals surface area contributed by atoms with Crippen LogP contribution in [0.15, 0.2) is 45.8 Å². The van der Waals surface area contributed by atoms with E-state index in [9.17, 15) is 21.9 Å². The molecule has 2 bridgehead atoms. The molecular weight excluding hydrogens is 591 g/mol. The van der Waals surface area contributed by atoms with Gasteiger partial charge in [-0.3, -0.25) is 4.21 Å². The Hall–Kier alpha value is -3.00. The highest BCUT2D eigenvalue weighted by Crippen LogP contribution is 2.47. The van der Waals surface area contributed by atoms with Gasteiger partial charge in [-0.15, -0.1) is 13.2 Å². The van der Waals surface area contributed by atoms with Crippen LogP contribution in [0, 0.1) is 6.92 Å². The van der Waals surface area contributed by atoms with E-state index in [-0.39, 0.29) is 46.9 Å². The Morgan fingerprint density at radius 1 is 1.14 bits per heavy atom. The summed E-state index contributed by atoms with van der Waals surface area (Å²) in [5.41, 5.74) is 2.87. The Morgan fingerprint density at radius 3 is 2.57 bits per heavy atom. The maximum absolute atomic E-state index is 13.1. The van der Waals surface area contributed by atoms with Crippen LogP contribution in [0.5, 0.6) is 5.75 Å². The summed E-state index contributed by atoms with van der Waals surface area (Å²) in [5, 5.41) is 5.08. The van der Waals surface area contributed by atoms with E-state index < -0.39 is 17.4 Å². The molecule has 2 saturated heterocycles. The summed E-state index contributed by atoms with van der Waals surface area (Å²) in [6.45, 7) is 2.06. The Bertz CT molecular complexity index is 1650. The number of benzene rings is 2. The van der Waals surface area contributed by atoms with Crippen molar-refractivity contribution in [1.82, 2.24) is 10.1 Å². The molecule has 42 heavy (non-hydrogen) atoms. The van der Waals surface area contributed by atoms with Crippen molar-refractivity contribution in [3.63, 3.8) is 0 Å². The summed E-state index contributed by atoms with van der Waals surface area (Å²) in [6, 6.07) is 9.74. The van der Waals surface area contributed by atoms with Crippen molar-refractivity contribution >= 4 is 37.8 Å². The molecule has 13 heteroatoms. The van der Waals surface area contributed by atoms with E-state index in [1.807, 2.05) is 6.92 Å². The zero-order valence-corrected chi connectivity index (χ0v) is 24.2. The van der Waals surface area contributed by atoms with Gasteiger partial charge in [-0.05, 0) is 86.4 Å². The van der Waals surface area contributed by atoms with Crippen LogP contribution in [0.3, 0.4) is 0 Å². The van der Waals surface area contributed by atoms with Crippen LogP contribution in [-0.2, 0) is 22.4 Å². The van der Waals surface area contributed by atoms with Crippen molar-refractivity contribution < 1.29 is 35.9 Å². The van der Waals surface area contributed by atoms with Crippen LogP contribution < -0.4 is 9.64 Å². The number of anilines is 1. The molecule has 2 aromatic heterocycles. The topological polar surface area (TPSA) is 101 Å². The fourth-order valence-electron chi connectivity index (χ4n) is 6.35. The third-order valence-electron chi connectivity index (χ3n) is 8.35. The summed E-state index contributed by atoms with van der Waals surface area (Å²) >= 11 is -0.788. The Labute approximate surface area is 246 Å². The van der Waals surface area contributed by atoms with E-state index in [4.69, 9.17) is 14.2 Å². The molecule has 4 heterocycles. The lowest BCUT2D eigenvalue weighted by molar-refractivity contribution is -0.274. The van der Waals surface area contributed by atoms with Crippen molar-refractivity contribution in [2.75, 3.05) is 4.90 Å². The normalized spacial score (nSPS) is 23.1. The summed E-state index contributed by atoms with van der Waals surface area (Å²) < 4.78 is 79.7. The van der Waals surface area contributed by atoms with E-state index in [0.717, 1.165) is 59.4 Å². The van der Waals surface area contributed by atoms with E-state index in [0.29, 0.717) is 17.0 Å². The number of alkyl halides is 3. The van der Waals surface area contributed by atoms with Crippen LogP contribution in [0.1, 0.15) is 61.3 Å². The molecule has 8 nitrogen and oxygen atoms in total. The third kappa shape index (κ3) is 5.31. The van der Waals surface area contributed by atoms with Crippen molar-refractivity contribution in [2.45, 2.75) is 87.4 Å². The van der Waals surface area contributed by atoms with Gasteiger partial charge in [0, 0.05) is 34.0 Å². The first-order chi connectivity index (χ1) is 20.1. The second-order valence-corrected chi connectivity index (χ2v) is 13.2. The first-order valence-corrected chi connectivity index (χ1v) is 15.8. The molecule has 4 atom stereocenters. The van der Waals surface area contributed by atoms with Gasteiger partial charge in [0.2, 0.25) is 0 Å². The van der Waals surface area contributed by atoms with Gasteiger partial charge in [-0.2, -0.15) is 0 Å². The predicted octanol–water partition coefficient (Wildman–Crippen LogP) is 6.99. The number of para-hydroxylation sites is 1. The Kier molecular flexibility index (Phi) is 7.03. The molecule has 2 aliphatic heterocycles. The minimum absolute atomic E-state index is 0.0409. The van der Waals surface area contributed by atoms with Crippen molar-refractivity contribution in [2.24, 2.45) is 0 Å². The fourth-order valence-corrected chi connectivity index (χ4v) is 8.14. The second-order valence-electron chi connectivity index (χ2n) is 11.2. The number of aryl methyl sites for hydroxylation is 1. The molecule has 3 aliphatic rings. The highest BCUT2D eigenvalue weighted by Gasteiger charge is 2.43. The monoisotopic (exact) mass is 618 g/mol. The number of nitrogens with zero attached hydrogens (tertiary/aromatic N) is 3. The molecular formula is C29H27F3N3O5S2-. The first kappa shape index (κ1) is 27.8. The molecule has 2 unspecified atom stereocenters. The number of hydrogen-bond donors (Lipinski definition) is 0. The molecule has 2 aromatic carbocycles. The standard InChI is InChI=1S/C29H28F3N3O5S2/c1-15-10-20(42(36)37)13-24-25(15)33-28(41-24)35-17-8-9-18(35)12-19(11-17)38-14-22-26(34-40-27(22)16-6-7-16)21-4-2-3-5-23(21)39-29(30,31)32/h2-5,10,13,16-19H,6-9,11-12,14H2,1H3,(H,36,37)/p-1/t17-,18+,19?. The average Bonchev–Trinajstić information content (AvgIpc) is 3.45. The molecule has 0 amide bonds. The van der Waals surface area contributed by atoms with Crippen molar-refractivity contribution in [1.29, 1.82) is 0 Å². The van der Waals surface area contributed by atoms with Crippen LogP contribution in [0.2, 0.25) is 0 Å². The van der Waals surface area contributed by atoms with Gasteiger partial charge in [0.15, 0.2) is 5.13 Å². The smallest absolute Gasteiger partial charge is 0.573 e. The SMILES string of the molecule is Cc1cc(S(=O)[O-])cc2sc(N3[C@@H]4CC[C@H]3CC(OCc3c(-c5ccccc5OC(F)(F)F)noc3C3CC3)C4)nc12. The number of halogens is 3. The number of aromatic nitrogens is 2. The zero-order chi connectivity index (χ0) is 29.2. The maximum atomic E-state index is 13.1. The highest BCUT2D eigenvalue weighted by molar-refractivity contribution is 7.79. The number of thiazole rings is 1. The Balaban J connectivity index is 1.10. The highest BCUT2D eigenvalue weighted by atomic mass is 32.2. The number of rotatable bonds is 8. The number of hydrogen-bond acceptors (Lipinski definition) is 9. The molecule has 0 N–H and O–H groups in total. The number of ether oxygens (including phenoxy) is 2. The molecule has 3 fully saturated rings. The van der Waals surface area contributed by atoms with Gasteiger partial charge in [0.05, 0.1) is 22.9 Å². The third-order valence-corrected chi connectivity index (χ3v) is 9.99. The van der Waals surface area contributed by atoms with Crippen LogP contribution >= 0.6 is 11.3 Å². The Morgan fingerprint density at radius 2 is 1.88 bits per heavy atom. The van der Waals surface area contributed by atoms with Crippen LogP contribution in [0.25, 0.3) is 21.5 Å². The number of piperidine rings is 1. The fraction of sp³-hybridized carbons (Fsp3) is 0.448. The summed E-state index contributed by atoms with van der Waals surface area (Å²) in [7, 11) is 0. The maximum Gasteiger partial charge on any atom is 0.573 e. The predicted molar refractivity (Wildman–Crippen MR) is 149 cm³/mol. The van der Waals surface area contributed by atoms with Gasteiger partial charge < -0.3 is 23.4 Å². The van der Waals surface area contributed by atoms with Crippen molar-refractivity contribution in [3.8, 4) is 17.0 Å². The molecule has 1 saturated carbocycles. The van der Waals surface area contributed by atoms with E-state index in [2.05, 4.69) is 14.8 Å². The van der Waals surface area contributed by atoms with E-state index >= 15 is 0 Å². The van der Waals surface area contributed by atoms with E-state index in [1.54, 1.807) is 24.3 Å². The molecule has 1 aliphatic carbocycles. The summed E-state index contributed by atoms with van der Waals surface area (Å²) in [6.07, 6.45) is 0.593. The second kappa shape index (κ2) is 10.6. The van der Waals surface area contributed by atoms with Crippen molar-refractivity contribution in [3.05, 3.63) is 53.3 Å². The molecule has 222 valence electrons. The van der Waals surface area contributed by atoms with Crippen LogP contribution in [0.4, 0.5) is 18.3 Å². The van der Waals surface area contributed by atoms with Gasteiger partial charge >= 0.3 is 6.36 Å². The quantitative estimate of drug-likeness (QED) is 0.195. The average molecular weight is 619 g/mol. The van der Waals surface area contributed by atoms with Gasteiger partial charge in [0.1, 0.15) is 17.2 Å². The lowest BCUT2D eigenvalue weighted by Crippen LogP contribution is -2.45.